The zero-order valence-electron chi connectivity index (χ0n) is 30.4. The van der Waals surface area contributed by atoms with Gasteiger partial charge in [0.1, 0.15) is 0 Å². The lowest BCUT2D eigenvalue weighted by atomic mass is 10.00. The van der Waals surface area contributed by atoms with Crippen molar-refractivity contribution in [2.45, 2.75) is 0 Å². The van der Waals surface area contributed by atoms with Crippen LogP contribution in [0.15, 0.2) is 182 Å². The van der Waals surface area contributed by atoms with E-state index in [1.807, 2.05) is 47.7 Å². The van der Waals surface area contributed by atoms with Gasteiger partial charge in [0.2, 0.25) is 0 Å². The highest BCUT2D eigenvalue weighted by atomic mass is 32.1. The van der Waals surface area contributed by atoms with Crippen LogP contribution in [0.25, 0.3) is 113 Å². The summed E-state index contributed by atoms with van der Waals surface area (Å²) in [6.07, 6.45) is 0. The molecule has 4 heterocycles. The van der Waals surface area contributed by atoms with Gasteiger partial charge < -0.3 is 4.57 Å². The molecule has 6 heteroatoms. The van der Waals surface area contributed by atoms with E-state index in [0.717, 1.165) is 16.7 Å². The lowest BCUT2D eigenvalue weighted by Gasteiger charge is -2.10. The maximum absolute atomic E-state index is 5.08. The summed E-state index contributed by atoms with van der Waals surface area (Å²) in [7, 11) is 0. The molecule has 0 bridgehead atoms. The fourth-order valence-electron chi connectivity index (χ4n) is 8.44. The van der Waals surface area contributed by atoms with Gasteiger partial charge in [0, 0.05) is 67.8 Å². The van der Waals surface area contributed by atoms with Crippen LogP contribution in [0.3, 0.4) is 0 Å². The number of para-hydroxylation sites is 2. The number of fused-ring (bicyclic) bond motifs is 9. The van der Waals surface area contributed by atoms with Crippen LogP contribution >= 0.6 is 22.7 Å². The molecular weight excluding hydrogens is 733 g/mol. The smallest absolute Gasteiger partial charge is 0.165 e. The van der Waals surface area contributed by atoms with Crippen molar-refractivity contribution in [3.63, 3.8) is 0 Å². The molecule has 0 spiro atoms. The molecule has 0 radical (unpaired) electrons. The number of rotatable bonds is 5. The van der Waals surface area contributed by atoms with Crippen molar-refractivity contribution in [2.24, 2.45) is 0 Å². The lowest BCUT2D eigenvalue weighted by molar-refractivity contribution is 1.08. The van der Waals surface area contributed by atoms with E-state index in [9.17, 15) is 0 Å². The minimum absolute atomic E-state index is 0.664. The molecule has 0 amide bonds. The van der Waals surface area contributed by atoms with Crippen molar-refractivity contribution in [1.82, 2.24) is 19.5 Å². The zero-order valence-corrected chi connectivity index (χ0v) is 32.1. The van der Waals surface area contributed by atoms with Crippen molar-refractivity contribution in [1.29, 1.82) is 0 Å². The largest absolute Gasteiger partial charge is 0.309 e. The molecule has 12 aromatic rings. The summed E-state index contributed by atoms with van der Waals surface area (Å²) in [5.41, 5.74) is 8.99. The second-order valence-corrected chi connectivity index (χ2v) is 16.5. The molecule has 0 fully saturated rings. The number of aromatic nitrogens is 4. The Bertz CT molecular complexity index is 3410. The van der Waals surface area contributed by atoms with E-state index in [0.29, 0.717) is 17.5 Å². The lowest BCUT2D eigenvalue weighted by Crippen LogP contribution is -2.00. The van der Waals surface area contributed by atoms with Crippen molar-refractivity contribution in [3.05, 3.63) is 182 Å². The van der Waals surface area contributed by atoms with Gasteiger partial charge in [-0.3, -0.25) is 0 Å². The van der Waals surface area contributed by atoms with Crippen LogP contribution in [-0.4, -0.2) is 19.5 Å². The van der Waals surface area contributed by atoms with Crippen LogP contribution in [0.5, 0.6) is 0 Å². The Labute approximate surface area is 335 Å². The van der Waals surface area contributed by atoms with E-state index in [-0.39, 0.29) is 0 Å². The first-order valence-corrected chi connectivity index (χ1v) is 20.7. The van der Waals surface area contributed by atoms with Gasteiger partial charge in [-0.25, -0.2) is 15.0 Å². The predicted molar refractivity (Wildman–Crippen MR) is 242 cm³/mol. The summed E-state index contributed by atoms with van der Waals surface area (Å²) in [6, 6.07) is 64.9. The zero-order chi connectivity index (χ0) is 37.5. The molecule has 8 aromatic carbocycles. The van der Waals surface area contributed by atoms with Gasteiger partial charge in [0.05, 0.1) is 16.7 Å². The van der Waals surface area contributed by atoms with Crippen molar-refractivity contribution < 1.29 is 0 Å². The first-order valence-electron chi connectivity index (χ1n) is 19.0. The number of hydrogen-bond donors (Lipinski definition) is 0. The highest BCUT2D eigenvalue weighted by molar-refractivity contribution is 7.26. The van der Waals surface area contributed by atoms with Gasteiger partial charge in [0.15, 0.2) is 17.5 Å². The molecule has 0 aliphatic carbocycles. The van der Waals surface area contributed by atoms with E-state index in [1.54, 1.807) is 11.3 Å². The third-order valence-electron chi connectivity index (χ3n) is 11.1. The molecule has 0 aliphatic rings. The first kappa shape index (κ1) is 32.3. The Balaban J connectivity index is 1.01. The molecule has 0 atom stereocenters. The van der Waals surface area contributed by atoms with E-state index in [2.05, 4.69) is 150 Å². The third-order valence-corrected chi connectivity index (χ3v) is 13.4. The van der Waals surface area contributed by atoms with Crippen LogP contribution in [0.4, 0.5) is 0 Å². The van der Waals surface area contributed by atoms with Gasteiger partial charge in [-0.2, -0.15) is 0 Å². The summed E-state index contributed by atoms with van der Waals surface area (Å²) in [6.45, 7) is 0. The molecule has 266 valence electrons. The Morgan fingerprint density at radius 1 is 0.351 bits per heavy atom. The summed E-state index contributed by atoms with van der Waals surface area (Å²) in [5.74, 6) is 2.00. The minimum Gasteiger partial charge on any atom is -0.309 e. The maximum atomic E-state index is 5.08. The van der Waals surface area contributed by atoms with Gasteiger partial charge >= 0.3 is 0 Å². The molecule has 12 rings (SSSR count). The minimum atomic E-state index is 0.664. The molecule has 0 saturated carbocycles. The fourth-order valence-corrected chi connectivity index (χ4v) is 10.7. The van der Waals surface area contributed by atoms with Crippen LogP contribution in [0.1, 0.15) is 0 Å². The van der Waals surface area contributed by atoms with E-state index in [4.69, 9.17) is 15.0 Å². The number of hydrogen-bond acceptors (Lipinski definition) is 5. The van der Waals surface area contributed by atoms with E-state index in [1.165, 1.54) is 79.0 Å². The SMILES string of the molecule is c1ccc(-c2nc(-c3ccccc3)nc(-c3cccc4c3sc3ccc(-c5ccc6sc7cccc(-n8c9ccccc9c9ccccc98)c7c6c5)cc34)n2)cc1. The van der Waals surface area contributed by atoms with Gasteiger partial charge in [0.25, 0.3) is 0 Å². The maximum Gasteiger partial charge on any atom is 0.165 e. The topological polar surface area (TPSA) is 43.6 Å². The summed E-state index contributed by atoms with van der Waals surface area (Å²) >= 11 is 3.66. The Hall–Kier alpha value is -6.99. The normalized spacial score (nSPS) is 11.9. The molecule has 0 saturated heterocycles. The van der Waals surface area contributed by atoms with Gasteiger partial charge in [-0.05, 0) is 65.7 Å². The van der Waals surface area contributed by atoms with Crippen molar-refractivity contribution in [3.8, 4) is 51.0 Å². The third kappa shape index (κ3) is 5.15. The number of thiophene rings is 2. The van der Waals surface area contributed by atoms with Crippen LogP contribution in [-0.2, 0) is 0 Å². The second kappa shape index (κ2) is 12.8. The number of nitrogens with zero attached hydrogens (tertiary/aromatic N) is 4. The fraction of sp³-hybridized carbons (Fsp3) is 0. The molecule has 0 N–H and O–H groups in total. The van der Waals surface area contributed by atoms with Crippen molar-refractivity contribution >= 4 is 84.8 Å². The molecule has 4 aromatic heterocycles. The predicted octanol–water partition coefficient (Wildman–Crippen LogP) is 14.4. The van der Waals surface area contributed by atoms with E-state index < -0.39 is 0 Å². The highest BCUT2D eigenvalue weighted by Gasteiger charge is 2.19. The Kier molecular flexibility index (Phi) is 7.24. The summed E-state index contributed by atoms with van der Waals surface area (Å²) in [5, 5.41) is 7.55. The first-order chi connectivity index (χ1) is 28.2. The summed E-state index contributed by atoms with van der Waals surface area (Å²) in [4.78, 5) is 15.1. The Morgan fingerprint density at radius 2 is 0.895 bits per heavy atom. The van der Waals surface area contributed by atoms with Gasteiger partial charge in [-0.15, -0.1) is 22.7 Å². The Morgan fingerprint density at radius 3 is 1.56 bits per heavy atom. The summed E-state index contributed by atoms with van der Waals surface area (Å²) < 4.78 is 7.43. The monoisotopic (exact) mass is 762 g/mol. The van der Waals surface area contributed by atoms with Crippen LogP contribution in [0.2, 0.25) is 0 Å². The van der Waals surface area contributed by atoms with Gasteiger partial charge in [-0.1, -0.05) is 127 Å². The van der Waals surface area contributed by atoms with Crippen LogP contribution < -0.4 is 0 Å². The molecule has 4 nitrogen and oxygen atoms in total. The molecule has 0 unspecified atom stereocenters. The molecule has 57 heavy (non-hydrogen) atoms. The second-order valence-electron chi connectivity index (χ2n) is 14.4. The van der Waals surface area contributed by atoms with Crippen LogP contribution in [0, 0.1) is 0 Å². The average Bonchev–Trinajstić information content (AvgIpc) is 3.96. The quantitative estimate of drug-likeness (QED) is 0.175. The number of benzene rings is 8. The molecular formula is C51H30N4S2. The highest BCUT2D eigenvalue weighted by Crippen LogP contribution is 2.44. The molecule has 0 aliphatic heterocycles. The van der Waals surface area contributed by atoms with Crippen molar-refractivity contribution in [2.75, 3.05) is 0 Å². The standard InChI is InChI=1S/C51H30N4S2/c1-3-13-31(14-4-1)49-52-50(32-15-5-2-6-16-32)54-51(53-49)38-20-11-19-37-39-29-33(25-27-44(39)57-48(37)38)34-26-28-45-40(30-34)47-43(23-12-24-46(47)56-45)55-41-21-9-7-17-35(41)36-18-8-10-22-42(36)55/h1-30H. The average molecular weight is 763 g/mol. The van der Waals surface area contributed by atoms with E-state index >= 15 is 0 Å².